The van der Waals surface area contributed by atoms with Gasteiger partial charge in [0.1, 0.15) is 0 Å². The van der Waals surface area contributed by atoms with E-state index in [1.165, 1.54) is 0 Å². The Kier molecular flexibility index (Phi) is 6.16. The van der Waals surface area contributed by atoms with E-state index in [2.05, 4.69) is 5.32 Å². The Hall–Kier alpha value is -1.06. The van der Waals surface area contributed by atoms with Crippen molar-refractivity contribution >= 4 is 17.5 Å². The quantitative estimate of drug-likeness (QED) is 0.833. The monoisotopic (exact) mass is 268 g/mol. The van der Waals surface area contributed by atoms with Crippen LogP contribution >= 0.6 is 11.6 Å². The van der Waals surface area contributed by atoms with Crippen LogP contribution in [0.3, 0.4) is 0 Å². The third-order valence-corrected chi connectivity index (χ3v) is 3.29. The Bertz CT molecular complexity index is 395. The molecule has 0 aromatic heterocycles. The van der Waals surface area contributed by atoms with Gasteiger partial charge in [0.15, 0.2) is 0 Å². The van der Waals surface area contributed by atoms with E-state index in [1.807, 2.05) is 38.1 Å². The molecule has 2 unspecified atom stereocenters. The molecule has 1 aromatic carbocycles. The zero-order chi connectivity index (χ0) is 13.5. The number of nitrogens with two attached hydrogens (primary N) is 1. The molecule has 0 aliphatic carbocycles. The van der Waals surface area contributed by atoms with Crippen LogP contribution in [0.2, 0.25) is 5.02 Å². The highest BCUT2D eigenvalue weighted by atomic mass is 35.5. The summed E-state index contributed by atoms with van der Waals surface area (Å²) in [7, 11) is 0. The number of carbonyl (C=O) groups excluding carboxylic acids is 1. The van der Waals surface area contributed by atoms with E-state index in [0.717, 1.165) is 12.0 Å². The van der Waals surface area contributed by atoms with Crippen molar-refractivity contribution in [2.24, 2.45) is 5.73 Å². The van der Waals surface area contributed by atoms with Crippen LogP contribution in [0.25, 0.3) is 0 Å². The van der Waals surface area contributed by atoms with Gasteiger partial charge in [-0.3, -0.25) is 4.79 Å². The topological polar surface area (TPSA) is 55.1 Å². The van der Waals surface area contributed by atoms with E-state index >= 15 is 0 Å². The lowest BCUT2D eigenvalue weighted by Gasteiger charge is -2.17. The van der Waals surface area contributed by atoms with Crippen LogP contribution in [0.4, 0.5) is 0 Å². The highest BCUT2D eigenvalue weighted by Gasteiger charge is 2.15. The third-order valence-electron chi connectivity index (χ3n) is 3.06. The van der Waals surface area contributed by atoms with Gasteiger partial charge in [0, 0.05) is 23.4 Å². The molecule has 2 atom stereocenters. The van der Waals surface area contributed by atoms with Crippen molar-refractivity contribution < 1.29 is 4.79 Å². The minimum absolute atomic E-state index is 0.0211. The summed E-state index contributed by atoms with van der Waals surface area (Å²) in [5.74, 6) is 0.0625. The fourth-order valence-corrected chi connectivity index (χ4v) is 1.96. The van der Waals surface area contributed by atoms with Crippen molar-refractivity contribution in [2.45, 2.75) is 38.6 Å². The zero-order valence-electron chi connectivity index (χ0n) is 10.9. The minimum Gasteiger partial charge on any atom is -0.354 e. The molecule has 0 aliphatic heterocycles. The lowest BCUT2D eigenvalue weighted by Crippen LogP contribution is -2.33. The molecule has 100 valence electrons. The summed E-state index contributed by atoms with van der Waals surface area (Å²) in [5.41, 5.74) is 6.76. The molecule has 0 spiro atoms. The van der Waals surface area contributed by atoms with Gasteiger partial charge in [0.2, 0.25) is 5.91 Å². The standard InChI is InChI=1S/C14H21ClN2O/c1-3-10(2)17-14(18)8-12(9-16)11-5-4-6-13(15)7-11/h4-7,10,12H,3,8-9,16H2,1-2H3,(H,17,18). The van der Waals surface area contributed by atoms with Crippen LogP contribution in [0.15, 0.2) is 24.3 Å². The number of benzene rings is 1. The zero-order valence-corrected chi connectivity index (χ0v) is 11.7. The molecule has 0 aliphatic rings. The summed E-state index contributed by atoms with van der Waals surface area (Å²) in [4.78, 5) is 11.8. The highest BCUT2D eigenvalue weighted by Crippen LogP contribution is 2.21. The molecule has 3 nitrogen and oxygen atoms in total. The number of halogens is 1. The van der Waals surface area contributed by atoms with Gasteiger partial charge in [0.05, 0.1) is 0 Å². The Morgan fingerprint density at radius 3 is 2.78 bits per heavy atom. The predicted octanol–water partition coefficient (Wildman–Crippen LogP) is 2.69. The van der Waals surface area contributed by atoms with Gasteiger partial charge >= 0.3 is 0 Å². The van der Waals surface area contributed by atoms with Gasteiger partial charge in [-0.05, 0) is 37.6 Å². The van der Waals surface area contributed by atoms with Crippen molar-refractivity contribution in [3.63, 3.8) is 0 Å². The Morgan fingerprint density at radius 2 is 2.22 bits per heavy atom. The fraction of sp³-hybridized carbons (Fsp3) is 0.500. The van der Waals surface area contributed by atoms with Crippen LogP contribution in [0.1, 0.15) is 38.2 Å². The van der Waals surface area contributed by atoms with Crippen LogP contribution in [-0.4, -0.2) is 18.5 Å². The second kappa shape index (κ2) is 7.39. The molecule has 0 bridgehead atoms. The molecule has 0 radical (unpaired) electrons. The maximum absolute atomic E-state index is 11.8. The summed E-state index contributed by atoms with van der Waals surface area (Å²) in [6.45, 7) is 4.48. The van der Waals surface area contributed by atoms with Gasteiger partial charge in [-0.25, -0.2) is 0 Å². The molecule has 1 aromatic rings. The largest absolute Gasteiger partial charge is 0.354 e. The maximum atomic E-state index is 11.8. The molecule has 0 saturated heterocycles. The van der Waals surface area contributed by atoms with Crippen LogP contribution in [0.5, 0.6) is 0 Å². The van der Waals surface area contributed by atoms with Crippen molar-refractivity contribution in [2.75, 3.05) is 6.54 Å². The molecule has 18 heavy (non-hydrogen) atoms. The second-order valence-corrected chi connectivity index (χ2v) is 5.01. The molecule has 3 N–H and O–H groups in total. The summed E-state index contributed by atoms with van der Waals surface area (Å²) in [5, 5.41) is 3.63. The predicted molar refractivity (Wildman–Crippen MR) is 75.8 cm³/mol. The fourth-order valence-electron chi connectivity index (χ4n) is 1.76. The van der Waals surface area contributed by atoms with Crippen LogP contribution in [-0.2, 0) is 4.79 Å². The average molecular weight is 269 g/mol. The van der Waals surface area contributed by atoms with E-state index < -0.39 is 0 Å². The first-order valence-electron chi connectivity index (χ1n) is 6.31. The Labute approximate surface area is 114 Å². The molecular formula is C14H21ClN2O. The molecule has 1 rings (SSSR count). The average Bonchev–Trinajstić information content (AvgIpc) is 2.35. The first kappa shape index (κ1) is 15.0. The summed E-state index contributed by atoms with van der Waals surface area (Å²) in [6.07, 6.45) is 1.33. The molecule has 0 saturated carbocycles. The summed E-state index contributed by atoms with van der Waals surface area (Å²) < 4.78 is 0. The molecule has 1 amide bonds. The van der Waals surface area contributed by atoms with Crippen molar-refractivity contribution in [1.82, 2.24) is 5.32 Å². The van der Waals surface area contributed by atoms with Crippen LogP contribution < -0.4 is 11.1 Å². The number of hydrogen-bond donors (Lipinski definition) is 2. The molecular weight excluding hydrogens is 248 g/mol. The van der Waals surface area contributed by atoms with Crippen LogP contribution in [0, 0.1) is 0 Å². The third kappa shape index (κ3) is 4.67. The number of amides is 1. The first-order chi connectivity index (χ1) is 8.56. The van der Waals surface area contributed by atoms with Gasteiger partial charge in [-0.1, -0.05) is 30.7 Å². The molecule has 4 heteroatoms. The van der Waals surface area contributed by atoms with E-state index in [4.69, 9.17) is 17.3 Å². The lowest BCUT2D eigenvalue weighted by atomic mass is 9.95. The van der Waals surface area contributed by atoms with Gasteiger partial charge in [0.25, 0.3) is 0 Å². The summed E-state index contributed by atoms with van der Waals surface area (Å²) in [6, 6.07) is 7.73. The Balaban J connectivity index is 2.65. The van der Waals surface area contributed by atoms with Crippen molar-refractivity contribution in [3.8, 4) is 0 Å². The number of carbonyl (C=O) groups is 1. The number of nitrogens with one attached hydrogen (secondary N) is 1. The lowest BCUT2D eigenvalue weighted by molar-refractivity contribution is -0.122. The normalized spacial score (nSPS) is 14.0. The van der Waals surface area contributed by atoms with Crippen molar-refractivity contribution in [3.05, 3.63) is 34.9 Å². The van der Waals surface area contributed by atoms with E-state index in [9.17, 15) is 4.79 Å². The molecule has 0 heterocycles. The highest BCUT2D eigenvalue weighted by molar-refractivity contribution is 6.30. The van der Waals surface area contributed by atoms with Gasteiger partial charge in [-0.2, -0.15) is 0 Å². The molecule has 0 fully saturated rings. The van der Waals surface area contributed by atoms with Gasteiger partial charge in [-0.15, -0.1) is 0 Å². The Morgan fingerprint density at radius 1 is 1.50 bits per heavy atom. The SMILES string of the molecule is CCC(C)NC(=O)CC(CN)c1cccc(Cl)c1. The first-order valence-corrected chi connectivity index (χ1v) is 6.69. The minimum atomic E-state index is 0.0211. The van der Waals surface area contributed by atoms with E-state index in [1.54, 1.807) is 0 Å². The van der Waals surface area contributed by atoms with Gasteiger partial charge < -0.3 is 11.1 Å². The van der Waals surface area contributed by atoms with E-state index in [-0.39, 0.29) is 17.9 Å². The maximum Gasteiger partial charge on any atom is 0.220 e. The number of hydrogen-bond acceptors (Lipinski definition) is 2. The number of rotatable bonds is 6. The van der Waals surface area contributed by atoms with Crippen molar-refractivity contribution in [1.29, 1.82) is 0 Å². The summed E-state index contributed by atoms with van der Waals surface area (Å²) >= 11 is 5.95. The van der Waals surface area contributed by atoms with E-state index in [0.29, 0.717) is 18.0 Å². The smallest absolute Gasteiger partial charge is 0.220 e. The second-order valence-electron chi connectivity index (χ2n) is 4.57.